The molecule has 0 aliphatic carbocycles. The van der Waals surface area contributed by atoms with Crippen LogP contribution in [0.2, 0.25) is 9.49 Å². The van der Waals surface area contributed by atoms with E-state index in [2.05, 4.69) is 23.2 Å². The summed E-state index contributed by atoms with van der Waals surface area (Å²) in [6.45, 7) is 0. The molecule has 5 heteroatoms. The molecule has 0 aliphatic rings. The van der Waals surface area contributed by atoms with Gasteiger partial charge in [-0.05, 0) is 12.1 Å². The first-order chi connectivity index (χ1) is 8.74. The predicted octanol–water partition coefficient (Wildman–Crippen LogP) is 5.97. The van der Waals surface area contributed by atoms with Gasteiger partial charge in [-0.2, -0.15) is 0 Å². The number of thiazole rings is 1. The van der Waals surface area contributed by atoms with Crippen LogP contribution in [0, 0.1) is 0 Å². The second-order valence-corrected chi connectivity index (χ2v) is 6.99. The van der Waals surface area contributed by atoms with Gasteiger partial charge in [0.25, 0.3) is 0 Å². The lowest BCUT2D eigenvalue weighted by Gasteiger charge is -1.95. The van der Waals surface area contributed by atoms with Crippen molar-refractivity contribution in [2.75, 3.05) is 0 Å². The smallest absolute Gasteiger partial charge is 0.184 e. The average Bonchev–Trinajstić information content (AvgIpc) is 2.91. The minimum absolute atomic E-state index is 0.536. The largest absolute Gasteiger partial charge is 0.225 e. The molecule has 2 aromatic heterocycles. The van der Waals surface area contributed by atoms with Crippen LogP contribution in [0.3, 0.4) is 0 Å². The molecule has 2 aromatic carbocycles. The van der Waals surface area contributed by atoms with Crippen molar-refractivity contribution >= 4 is 76.3 Å². The van der Waals surface area contributed by atoms with Gasteiger partial charge in [-0.1, -0.05) is 41.4 Å². The summed E-state index contributed by atoms with van der Waals surface area (Å²) in [5.74, 6) is 0. The van der Waals surface area contributed by atoms with Crippen LogP contribution in [0.25, 0.3) is 30.4 Å². The molecule has 0 unspecified atom stereocenters. The van der Waals surface area contributed by atoms with Crippen LogP contribution in [0.1, 0.15) is 0 Å². The monoisotopic (exact) mass is 309 g/mol. The van der Waals surface area contributed by atoms with E-state index in [4.69, 9.17) is 23.2 Å². The normalized spacial score (nSPS) is 11.9. The Balaban J connectivity index is 2.31. The molecule has 0 aliphatic heterocycles. The highest BCUT2D eigenvalue weighted by Crippen LogP contribution is 2.43. The number of fused-ring (bicyclic) bond motifs is 4. The highest BCUT2D eigenvalue weighted by Gasteiger charge is 2.14. The van der Waals surface area contributed by atoms with Gasteiger partial charge in [-0.15, -0.1) is 22.7 Å². The standard InChI is InChI=1S/C13H5Cl2NS2/c14-10-11-7(5-8-12(10)18-13(15)16-8)6-3-1-2-4-9(6)17-11/h1-5H. The fraction of sp³-hybridized carbons (Fsp3) is 0. The Kier molecular flexibility index (Phi) is 2.33. The maximum atomic E-state index is 6.48. The summed E-state index contributed by atoms with van der Waals surface area (Å²) in [4.78, 5) is 4.31. The van der Waals surface area contributed by atoms with Crippen molar-refractivity contribution < 1.29 is 0 Å². The fourth-order valence-electron chi connectivity index (χ4n) is 2.17. The summed E-state index contributed by atoms with van der Waals surface area (Å²) < 4.78 is 3.87. The maximum Gasteiger partial charge on any atom is 0.184 e. The predicted molar refractivity (Wildman–Crippen MR) is 82.5 cm³/mol. The number of nitrogens with zero attached hydrogens (tertiary/aromatic N) is 1. The van der Waals surface area contributed by atoms with Crippen molar-refractivity contribution in [3.8, 4) is 0 Å². The van der Waals surface area contributed by atoms with Crippen molar-refractivity contribution in [1.82, 2.24) is 4.98 Å². The number of halogens is 2. The van der Waals surface area contributed by atoms with Crippen LogP contribution in [0.4, 0.5) is 0 Å². The van der Waals surface area contributed by atoms with Crippen molar-refractivity contribution in [1.29, 1.82) is 0 Å². The second kappa shape index (κ2) is 3.81. The van der Waals surface area contributed by atoms with Gasteiger partial charge in [0.15, 0.2) is 4.47 Å². The third-order valence-electron chi connectivity index (χ3n) is 2.94. The molecular weight excluding hydrogens is 305 g/mol. The van der Waals surface area contributed by atoms with Crippen LogP contribution >= 0.6 is 45.9 Å². The Bertz CT molecular complexity index is 907. The molecule has 0 atom stereocenters. The van der Waals surface area contributed by atoms with Gasteiger partial charge in [-0.3, -0.25) is 0 Å². The molecule has 2 heterocycles. The van der Waals surface area contributed by atoms with E-state index < -0.39 is 0 Å². The zero-order valence-electron chi connectivity index (χ0n) is 8.91. The maximum absolute atomic E-state index is 6.48. The van der Waals surface area contributed by atoms with Gasteiger partial charge in [0.05, 0.1) is 19.9 Å². The van der Waals surface area contributed by atoms with Gasteiger partial charge in [-0.25, -0.2) is 4.98 Å². The number of benzene rings is 2. The zero-order chi connectivity index (χ0) is 12.3. The van der Waals surface area contributed by atoms with Crippen molar-refractivity contribution in [3.05, 3.63) is 39.8 Å². The molecule has 0 saturated heterocycles. The van der Waals surface area contributed by atoms with Crippen LogP contribution in [-0.4, -0.2) is 4.98 Å². The second-order valence-electron chi connectivity index (χ2n) is 3.98. The molecule has 1 nitrogen and oxygen atoms in total. The van der Waals surface area contributed by atoms with Gasteiger partial charge in [0.1, 0.15) is 0 Å². The molecule has 4 rings (SSSR count). The van der Waals surface area contributed by atoms with Gasteiger partial charge in [0, 0.05) is 15.5 Å². The van der Waals surface area contributed by atoms with Crippen LogP contribution in [0.5, 0.6) is 0 Å². The highest BCUT2D eigenvalue weighted by atomic mass is 35.5. The molecule has 0 amide bonds. The van der Waals surface area contributed by atoms with Crippen LogP contribution in [0.15, 0.2) is 30.3 Å². The fourth-order valence-corrected chi connectivity index (χ4v) is 4.83. The summed E-state index contributed by atoms with van der Waals surface area (Å²) in [6, 6.07) is 10.4. The lowest BCUT2D eigenvalue weighted by molar-refractivity contribution is 1.51. The quantitative estimate of drug-likeness (QED) is 0.390. The summed E-state index contributed by atoms with van der Waals surface area (Å²) in [5.41, 5.74) is 0.881. The Morgan fingerprint density at radius 3 is 2.67 bits per heavy atom. The zero-order valence-corrected chi connectivity index (χ0v) is 12.1. The van der Waals surface area contributed by atoms with Crippen LogP contribution < -0.4 is 0 Å². The molecule has 0 fully saturated rings. The first-order valence-electron chi connectivity index (χ1n) is 5.30. The summed E-state index contributed by atoms with van der Waals surface area (Å²) in [6.07, 6.45) is 0. The molecule has 4 aromatic rings. The summed E-state index contributed by atoms with van der Waals surface area (Å²) in [5, 5.41) is 3.16. The molecule has 0 radical (unpaired) electrons. The molecule has 0 bridgehead atoms. The van der Waals surface area contributed by atoms with Crippen molar-refractivity contribution in [2.45, 2.75) is 0 Å². The summed E-state index contributed by atoms with van der Waals surface area (Å²) >= 11 is 15.6. The number of hydrogen-bond donors (Lipinski definition) is 0. The number of hydrogen-bond acceptors (Lipinski definition) is 3. The Morgan fingerprint density at radius 1 is 0.944 bits per heavy atom. The highest BCUT2D eigenvalue weighted by molar-refractivity contribution is 7.27. The Labute approximate surface area is 121 Å². The lowest BCUT2D eigenvalue weighted by Crippen LogP contribution is -1.71. The first-order valence-corrected chi connectivity index (χ1v) is 7.69. The Hall–Kier alpha value is -0.870. The molecule has 0 saturated carbocycles. The number of rotatable bonds is 0. The SMILES string of the molecule is Clc1nc2cc3c(sc4ccccc43)c(Cl)c2s1. The number of aromatic nitrogens is 1. The Morgan fingerprint density at radius 2 is 1.78 bits per heavy atom. The number of thiophene rings is 1. The van der Waals surface area contributed by atoms with Crippen molar-refractivity contribution in [2.24, 2.45) is 0 Å². The minimum atomic E-state index is 0.536. The molecular formula is C13H5Cl2NS2. The summed E-state index contributed by atoms with van der Waals surface area (Å²) in [7, 11) is 0. The third-order valence-corrected chi connectivity index (χ3v) is 5.94. The van der Waals surface area contributed by atoms with Crippen LogP contribution in [-0.2, 0) is 0 Å². The van der Waals surface area contributed by atoms with E-state index in [-0.39, 0.29) is 0 Å². The van der Waals surface area contributed by atoms with E-state index in [0.29, 0.717) is 4.47 Å². The van der Waals surface area contributed by atoms with E-state index in [1.807, 2.05) is 12.1 Å². The first kappa shape index (κ1) is 11.0. The van der Waals surface area contributed by atoms with Gasteiger partial charge >= 0.3 is 0 Å². The van der Waals surface area contributed by atoms with E-state index in [0.717, 1.165) is 25.3 Å². The van der Waals surface area contributed by atoms with Gasteiger partial charge < -0.3 is 0 Å². The topological polar surface area (TPSA) is 12.9 Å². The van der Waals surface area contributed by atoms with Gasteiger partial charge in [0.2, 0.25) is 0 Å². The third kappa shape index (κ3) is 1.42. The minimum Gasteiger partial charge on any atom is -0.225 e. The molecule has 88 valence electrons. The van der Waals surface area contributed by atoms with E-state index in [9.17, 15) is 0 Å². The lowest BCUT2D eigenvalue weighted by atomic mass is 10.1. The van der Waals surface area contributed by atoms with Crippen molar-refractivity contribution in [3.63, 3.8) is 0 Å². The van der Waals surface area contributed by atoms with E-state index in [1.165, 1.54) is 21.4 Å². The van der Waals surface area contributed by atoms with E-state index >= 15 is 0 Å². The average molecular weight is 310 g/mol. The van der Waals surface area contributed by atoms with E-state index in [1.54, 1.807) is 11.3 Å². The molecule has 0 spiro atoms. The molecule has 0 N–H and O–H groups in total. The molecule has 18 heavy (non-hydrogen) atoms.